The summed E-state index contributed by atoms with van der Waals surface area (Å²) in [6.07, 6.45) is 4.07. The first kappa shape index (κ1) is 15.0. The fraction of sp³-hybridized carbons (Fsp3) is 0.333. The van der Waals surface area contributed by atoms with Crippen molar-refractivity contribution in [3.05, 3.63) is 49.1 Å². The van der Waals surface area contributed by atoms with Crippen molar-refractivity contribution in [2.75, 3.05) is 12.4 Å². The molecule has 0 bridgehead atoms. The first-order valence-electron chi connectivity index (χ1n) is 6.23. The van der Waals surface area contributed by atoms with E-state index in [9.17, 15) is 4.79 Å². The highest BCUT2D eigenvalue weighted by Gasteiger charge is 2.15. The molecule has 0 saturated heterocycles. The number of nitrogens with zero attached hydrogens (tertiary/aromatic N) is 2. The lowest BCUT2D eigenvalue weighted by Crippen LogP contribution is -2.27. The van der Waals surface area contributed by atoms with Gasteiger partial charge in [-0.25, -0.2) is 0 Å². The molecule has 1 heterocycles. The minimum atomic E-state index is -0.250. The molecule has 0 saturated carbocycles. The molecule has 0 aliphatic carbocycles. The zero-order valence-corrected chi connectivity index (χ0v) is 11.8. The molecule has 0 fully saturated rings. The van der Waals surface area contributed by atoms with Crippen molar-refractivity contribution in [3.63, 3.8) is 0 Å². The maximum Gasteiger partial charge on any atom is 0.271 e. The second-order valence-electron chi connectivity index (χ2n) is 4.87. The Morgan fingerprint density at radius 3 is 2.68 bits per heavy atom. The summed E-state index contributed by atoms with van der Waals surface area (Å²) in [5, 5.41) is 2.75. The molecule has 1 aromatic heterocycles. The highest BCUT2D eigenvalue weighted by atomic mass is 16.2. The van der Waals surface area contributed by atoms with Gasteiger partial charge < -0.3 is 10.2 Å². The van der Waals surface area contributed by atoms with Gasteiger partial charge in [0, 0.05) is 18.9 Å². The molecule has 0 aromatic carbocycles. The minimum Gasteiger partial charge on any atom is -0.345 e. The molecule has 0 radical (unpaired) electrons. The van der Waals surface area contributed by atoms with Crippen molar-refractivity contribution in [2.24, 2.45) is 5.92 Å². The fourth-order valence-electron chi connectivity index (χ4n) is 1.59. The Balaban J connectivity index is 2.62. The molecule has 0 atom stereocenters. The van der Waals surface area contributed by atoms with Crippen LogP contribution in [0.5, 0.6) is 0 Å². The number of aromatic nitrogens is 1. The fourth-order valence-corrected chi connectivity index (χ4v) is 1.59. The summed E-state index contributed by atoms with van der Waals surface area (Å²) in [5.41, 5.74) is 1.90. The third-order valence-corrected chi connectivity index (χ3v) is 2.70. The van der Waals surface area contributed by atoms with Gasteiger partial charge in [0.25, 0.3) is 5.91 Å². The van der Waals surface area contributed by atoms with E-state index in [1.165, 1.54) is 0 Å². The first-order valence-corrected chi connectivity index (χ1v) is 6.23. The minimum absolute atomic E-state index is 0.250. The molecule has 19 heavy (non-hydrogen) atoms. The van der Waals surface area contributed by atoms with Crippen molar-refractivity contribution >= 4 is 11.6 Å². The van der Waals surface area contributed by atoms with Crippen LogP contribution in [0.4, 0.5) is 5.69 Å². The third kappa shape index (κ3) is 4.58. The van der Waals surface area contributed by atoms with E-state index < -0.39 is 0 Å². The number of allylic oxidation sites excluding steroid dienone is 1. The van der Waals surface area contributed by atoms with E-state index >= 15 is 0 Å². The van der Waals surface area contributed by atoms with Crippen LogP contribution in [0.3, 0.4) is 0 Å². The summed E-state index contributed by atoms with van der Waals surface area (Å²) in [5.74, 6) is 0.240. The molecule has 1 aromatic rings. The largest absolute Gasteiger partial charge is 0.345 e. The molecule has 0 aliphatic rings. The molecule has 0 spiro atoms. The number of carbonyl (C=O) groups excluding carboxylic acids is 1. The summed E-state index contributed by atoms with van der Waals surface area (Å²) in [7, 11) is 1.80. The van der Waals surface area contributed by atoms with Crippen LogP contribution in [0.2, 0.25) is 0 Å². The Labute approximate surface area is 114 Å². The average molecular weight is 259 g/mol. The van der Waals surface area contributed by atoms with Crippen LogP contribution >= 0.6 is 0 Å². The van der Waals surface area contributed by atoms with Crippen molar-refractivity contribution in [1.82, 2.24) is 9.88 Å². The van der Waals surface area contributed by atoms with Crippen molar-refractivity contribution in [3.8, 4) is 0 Å². The molecule has 1 amide bonds. The molecule has 0 unspecified atom stereocenters. The van der Waals surface area contributed by atoms with Crippen LogP contribution in [-0.4, -0.2) is 22.8 Å². The summed E-state index contributed by atoms with van der Waals surface area (Å²) >= 11 is 0. The van der Waals surface area contributed by atoms with Gasteiger partial charge in [-0.2, -0.15) is 0 Å². The van der Waals surface area contributed by atoms with Gasteiger partial charge in [-0.3, -0.25) is 9.78 Å². The van der Waals surface area contributed by atoms with Crippen molar-refractivity contribution in [1.29, 1.82) is 0 Å². The van der Waals surface area contributed by atoms with Gasteiger partial charge in [-0.1, -0.05) is 27.0 Å². The Hall–Kier alpha value is -2.10. The van der Waals surface area contributed by atoms with Gasteiger partial charge >= 0.3 is 0 Å². The van der Waals surface area contributed by atoms with Crippen molar-refractivity contribution < 1.29 is 4.79 Å². The topological polar surface area (TPSA) is 45.2 Å². The Bertz CT molecular complexity index is 466. The van der Waals surface area contributed by atoms with Gasteiger partial charge in [0.1, 0.15) is 0 Å². The van der Waals surface area contributed by atoms with Crippen LogP contribution in [0.15, 0.2) is 49.1 Å². The smallest absolute Gasteiger partial charge is 0.271 e. The number of rotatable bonds is 6. The third-order valence-electron chi connectivity index (χ3n) is 2.70. The van der Waals surface area contributed by atoms with E-state index in [-0.39, 0.29) is 5.91 Å². The lowest BCUT2D eigenvalue weighted by atomic mass is 10.1. The Kier molecular flexibility index (Phi) is 5.30. The predicted molar refractivity (Wildman–Crippen MR) is 78.4 cm³/mol. The Morgan fingerprint density at radius 1 is 1.47 bits per heavy atom. The quantitative estimate of drug-likeness (QED) is 0.799. The zero-order chi connectivity index (χ0) is 14.4. The Morgan fingerprint density at radius 2 is 2.16 bits per heavy atom. The van der Waals surface area contributed by atoms with Crippen LogP contribution in [0, 0.1) is 5.92 Å². The molecular weight excluding hydrogens is 238 g/mol. The molecule has 102 valence electrons. The van der Waals surface area contributed by atoms with E-state index in [1.54, 1.807) is 36.5 Å². The zero-order valence-electron chi connectivity index (χ0n) is 11.8. The number of pyridine rings is 1. The number of hydrogen-bond acceptors (Lipinski definition) is 3. The summed E-state index contributed by atoms with van der Waals surface area (Å²) in [6, 6.07) is 3.54. The van der Waals surface area contributed by atoms with Gasteiger partial charge in [-0.05, 0) is 24.5 Å². The molecule has 4 heteroatoms. The number of carbonyl (C=O) groups is 1. The normalized spacial score (nSPS) is 10.1. The number of amides is 1. The van der Waals surface area contributed by atoms with Crippen LogP contribution in [0.1, 0.15) is 20.3 Å². The van der Waals surface area contributed by atoms with Gasteiger partial charge in [0.15, 0.2) is 0 Å². The van der Waals surface area contributed by atoms with E-state index in [4.69, 9.17) is 0 Å². The summed E-state index contributed by atoms with van der Waals surface area (Å²) in [4.78, 5) is 17.7. The maximum atomic E-state index is 12.0. The van der Waals surface area contributed by atoms with Crippen LogP contribution in [-0.2, 0) is 4.79 Å². The molecule has 4 nitrogen and oxygen atoms in total. The average Bonchev–Trinajstić information content (AvgIpc) is 2.37. The van der Waals surface area contributed by atoms with Crippen LogP contribution < -0.4 is 5.32 Å². The predicted octanol–water partition coefficient (Wildman–Crippen LogP) is 3.03. The molecular formula is C15H21N3O. The van der Waals surface area contributed by atoms with E-state index in [0.29, 0.717) is 17.3 Å². The molecule has 0 aliphatic heterocycles. The monoisotopic (exact) mass is 259 g/mol. The van der Waals surface area contributed by atoms with Crippen molar-refractivity contribution in [2.45, 2.75) is 20.3 Å². The highest BCUT2D eigenvalue weighted by molar-refractivity contribution is 6.02. The molecule has 1 rings (SSSR count). The molecule has 1 N–H and O–H groups in total. The van der Waals surface area contributed by atoms with Crippen LogP contribution in [0.25, 0.3) is 0 Å². The standard InChI is InChI=1S/C15H21N3O/c1-11(2)9-12(3)18(5)13(4)15(19)17-14-7-6-8-16-10-14/h6-8,10-11H,3-4,9H2,1-2,5H3,(H,17,19). The van der Waals surface area contributed by atoms with E-state index in [2.05, 4.69) is 37.3 Å². The van der Waals surface area contributed by atoms with Gasteiger partial charge in [-0.15, -0.1) is 0 Å². The SMILES string of the molecule is C=C(CC(C)C)N(C)C(=C)C(=O)Nc1cccnc1. The maximum absolute atomic E-state index is 12.0. The lowest BCUT2D eigenvalue weighted by Gasteiger charge is -2.24. The lowest BCUT2D eigenvalue weighted by molar-refractivity contribution is -0.113. The number of nitrogens with one attached hydrogen (secondary N) is 1. The number of likely N-dealkylation sites (N-methyl/N-ethyl adjacent to an activating group) is 1. The second kappa shape index (κ2) is 6.73. The summed E-state index contributed by atoms with van der Waals surface area (Å²) < 4.78 is 0. The van der Waals surface area contributed by atoms with E-state index in [0.717, 1.165) is 12.1 Å². The van der Waals surface area contributed by atoms with Gasteiger partial charge in [0.2, 0.25) is 0 Å². The number of anilines is 1. The summed E-state index contributed by atoms with van der Waals surface area (Å²) in [6.45, 7) is 12.0. The van der Waals surface area contributed by atoms with E-state index in [1.807, 2.05) is 0 Å². The second-order valence-corrected chi connectivity index (χ2v) is 4.87. The number of hydrogen-bond donors (Lipinski definition) is 1. The first-order chi connectivity index (χ1) is 8.91. The highest BCUT2D eigenvalue weighted by Crippen LogP contribution is 2.16. The van der Waals surface area contributed by atoms with Gasteiger partial charge in [0.05, 0.1) is 17.6 Å².